The molecule has 5 rings (SSSR count). The first-order valence-corrected chi connectivity index (χ1v) is 11.0. The second-order valence-electron chi connectivity index (χ2n) is 7.54. The highest BCUT2D eigenvalue weighted by Crippen LogP contribution is 2.47. The van der Waals surface area contributed by atoms with Gasteiger partial charge in [0.05, 0.1) is 23.0 Å². The molecule has 10 heteroatoms. The molecule has 1 atom stereocenters. The molecule has 2 aliphatic rings. The molecule has 3 aromatic rings. The van der Waals surface area contributed by atoms with Crippen LogP contribution in [0.3, 0.4) is 0 Å². The summed E-state index contributed by atoms with van der Waals surface area (Å²) in [5.41, 5.74) is 0.611. The molecular weight excluding hydrogens is 446 g/mol. The smallest absolute Gasteiger partial charge is 0.338 e. The van der Waals surface area contributed by atoms with Gasteiger partial charge in [0.15, 0.2) is 5.43 Å². The topological polar surface area (TPSA) is 119 Å². The van der Waals surface area contributed by atoms with E-state index in [-0.39, 0.29) is 41.6 Å². The first kappa shape index (κ1) is 20.8. The lowest BCUT2D eigenvalue weighted by atomic mass is 9.82. The van der Waals surface area contributed by atoms with Gasteiger partial charge < -0.3 is 15.0 Å². The number of nitro groups is 1. The Morgan fingerprint density at radius 1 is 1.21 bits per heavy atom. The monoisotopic (exact) mass is 463 g/mol. The van der Waals surface area contributed by atoms with Gasteiger partial charge in [0.2, 0.25) is 5.91 Å². The van der Waals surface area contributed by atoms with Gasteiger partial charge in [-0.15, -0.1) is 11.3 Å². The van der Waals surface area contributed by atoms with Crippen LogP contribution in [0.4, 0.5) is 10.7 Å². The van der Waals surface area contributed by atoms with Crippen LogP contribution in [0.2, 0.25) is 0 Å². The minimum absolute atomic E-state index is 0.0352. The average Bonchev–Trinajstić information content (AvgIpc) is 3.20. The van der Waals surface area contributed by atoms with E-state index >= 15 is 0 Å². The van der Waals surface area contributed by atoms with Gasteiger partial charge >= 0.3 is 5.97 Å². The maximum Gasteiger partial charge on any atom is 0.338 e. The van der Waals surface area contributed by atoms with Crippen molar-refractivity contribution in [3.63, 3.8) is 0 Å². The number of amides is 1. The summed E-state index contributed by atoms with van der Waals surface area (Å²) in [6.07, 6.45) is 0. The minimum atomic E-state index is -0.863. The summed E-state index contributed by atoms with van der Waals surface area (Å²) >= 11 is 1.35. The summed E-state index contributed by atoms with van der Waals surface area (Å²) in [5, 5.41) is 15.0. The lowest BCUT2D eigenvalue weighted by molar-refractivity contribution is -0.384. The number of hydrogen-bond donors (Lipinski definition) is 1. The molecule has 0 bridgehead atoms. The number of ether oxygens (including phenoxy) is 1. The molecule has 0 saturated carbocycles. The average molecular weight is 463 g/mol. The number of carbonyl (C=O) groups excluding carboxylic acids is 2. The molecule has 9 nitrogen and oxygen atoms in total. The van der Waals surface area contributed by atoms with Crippen molar-refractivity contribution < 1.29 is 19.2 Å². The fraction of sp³-hybridized carbons (Fsp3) is 0.174. The molecule has 0 radical (unpaired) electrons. The maximum absolute atomic E-state index is 13.7. The summed E-state index contributed by atoms with van der Waals surface area (Å²) in [4.78, 5) is 51.5. The normalized spacial score (nSPS) is 16.9. The number of nitrogens with zero attached hydrogens (tertiary/aromatic N) is 2. The second-order valence-corrected chi connectivity index (χ2v) is 8.58. The zero-order chi connectivity index (χ0) is 23.3. The Morgan fingerprint density at radius 3 is 2.64 bits per heavy atom. The summed E-state index contributed by atoms with van der Waals surface area (Å²) < 4.78 is 6.05. The third-order valence-electron chi connectivity index (χ3n) is 5.65. The van der Waals surface area contributed by atoms with E-state index in [9.17, 15) is 24.5 Å². The van der Waals surface area contributed by atoms with Crippen molar-refractivity contribution in [3.05, 3.63) is 91.4 Å². The van der Waals surface area contributed by atoms with E-state index < -0.39 is 16.8 Å². The lowest BCUT2D eigenvalue weighted by Crippen LogP contribution is -2.35. The number of rotatable bonds is 4. The minimum Gasteiger partial charge on any atom is -0.463 e. The molecule has 1 aromatic heterocycles. The van der Waals surface area contributed by atoms with Crippen LogP contribution in [0.1, 0.15) is 24.0 Å². The van der Waals surface area contributed by atoms with Gasteiger partial charge in [-0.3, -0.25) is 19.7 Å². The van der Waals surface area contributed by atoms with Crippen molar-refractivity contribution in [2.24, 2.45) is 0 Å². The van der Waals surface area contributed by atoms with Gasteiger partial charge in [-0.2, -0.15) is 0 Å². The van der Waals surface area contributed by atoms with Crippen LogP contribution in [0.15, 0.2) is 64.7 Å². The molecule has 1 unspecified atom stereocenters. The first-order valence-electron chi connectivity index (χ1n) is 10.2. The molecular formula is C23H17N3O6S. The Hall–Kier alpha value is -4.05. The number of nitro benzene ring substituents is 1. The van der Waals surface area contributed by atoms with E-state index in [0.29, 0.717) is 21.5 Å². The van der Waals surface area contributed by atoms with E-state index in [0.717, 1.165) is 4.70 Å². The standard InChI is InChI=1S/C23H17N3O6S/c1-2-32-23(29)19-17(12-7-9-13(10-8-12)26(30)31)18-20(28)14-5-3-4-6-15(14)33-22(18)25-11-16(27)24-21(19)25/h3-10,17H,2,11H2,1H3,(H,24,27). The Morgan fingerprint density at radius 2 is 1.94 bits per heavy atom. The van der Waals surface area contributed by atoms with Gasteiger partial charge in [-0.1, -0.05) is 24.3 Å². The predicted molar refractivity (Wildman–Crippen MR) is 122 cm³/mol. The zero-order valence-electron chi connectivity index (χ0n) is 17.4. The molecule has 3 heterocycles. The van der Waals surface area contributed by atoms with Crippen molar-refractivity contribution in [1.82, 2.24) is 5.32 Å². The van der Waals surface area contributed by atoms with E-state index in [1.807, 2.05) is 12.1 Å². The lowest BCUT2D eigenvalue weighted by Gasteiger charge is -2.33. The molecule has 0 aliphatic carbocycles. The number of non-ortho nitro benzene ring substituents is 1. The van der Waals surface area contributed by atoms with Crippen LogP contribution < -0.4 is 15.6 Å². The molecule has 2 aromatic carbocycles. The van der Waals surface area contributed by atoms with Crippen molar-refractivity contribution in [2.45, 2.75) is 12.8 Å². The Labute approximate surface area is 191 Å². The third kappa shape index (κ3) is 3.26. The molecule has 2 aliphatic heterocycles. The quantitative estimate of drug-likeness (QED) is 0.359. The van der Waals surface area contributed by atoms with E-state index in [1.165, 1.54) is 35.6 Å². The predicted octanol–water partition coefficient (Wildman–Crippen LogP) is 3.03. The van der Waals surface area contributed by atoms with Crippen molar-refractivity contribution >= 4 is 44.0 Å². The zero-order valence-corrected chi connectivity index (χ0v) is 18.2. The number of carbonyl (C=O) groups is 2. The first-order chi connectivity index (χ1) is 15.9. The van der Waals surface area contributed by atoms with Crippen molar-refractivity contribution in [1.29, 1.82) is 0 Å². The second kappa shape index (κ2) is 7.82. The summed E-state index contributed by atoms with van der Waals surface area (Å²) in [5.74, 6) is -1.56. The molecule has 33 heavy (non-hydrogen) atoms. The molecule has 1 saturated heterocycles. The highest BCUT2D eigenvalue weighted by Gasteiger charge is 2.44. The largest absolute Gasteiger partial charge is 0.463 e. The van der Waals surface area contributed by atoms with Crippen LogP contribution in [0.5, 0.6) is 0 Å². The molecule has 1 fully saturated rings. The van der Waals surface area contributed by atoms with Crippen LogP contribution >= 0.6 is 11.3 Å². The Balaban J connectivity index is 1.84. The Kier molecular flexibility index (Phi) is 4.94. The number of nitrogens with one attached hydrogen (secondary N) is 1. The van der Waals surface area contributed by atoms with E-state index in [1.54, 1.807) is 24.0 Å². The number of hydrogen-bond acceptors (Lipinski definition) is 8. The number of fused-ring (bicyclic) bond motifs is 4. The van der Waals surface area contributed by atoms with Crippen LogP contribution in [0, 0.1) is 10.1 Å². The highest BCUT2D eigenvalue weighted by molar-refractivity contribution is 7.22. The Bertz CT molecular complexity index is 1430. The van der Waals surface area contributed by atoms with Crippen molar-refractivity contribution in [3.8, 4) is 0 Å². The third-order valence-corrected chi connectivity index (χ3v) is 6.86. The fourth-order valence-electron chi connectivity index (χ4n) is 4.27. The molecule has 1 amide bonds. The number of benzene rings is 2. The van der Waals surface area contributed by atoms with E-state index in [4.69, 9.17) is 4.74 Å². The van der Waals surface area contributed by atoms with Crippen LogP contribution in [-0.4, -0.2) is 30.0 Å². The fourth-order valence-corrected chi connectivity index (χ4v) is 5.49. The highest BCUT2D eigenvalue weighted by atomic mass is 32.1. The van der Waals surface area contributed by atoms with Gasteiger partial charge in [0.25, 0.3) is 5.69 Å². The van der Waals surface area contributed by atoms with Crippen LogP contribution in [0.25, 0.3) is 10.1 Å². The molecule has 1 N–H and O–H groups in total. The van der Waals surface area contributed by atoms with E-state index in [2.05, 4.69) is 5.32 Å². The molecule has 0 spiro atoms. The van der Waals surface area contributed by atoms with Gasteiger partial charge in [0, 0.05) is 27.8 Å². The van der Waals surface area contributed by atoms with Crippen molar-refractivity contribution in [2.75, 3.05) is 18.1 Å². The SMILES string of the molecule is CCOC(=O)C1=C2NC(=O)CN2c2sc3ccccc3c(=O)c2C1c1ccc([N+](=O)[O-])cc1. The van der Waals surface area contributed by atoms with Crippen LogP contribution in [-0.2, 0) is 14.3 Å². The van der Waals surface area contributed by atoms with Gasteiger partial charge in [0.1, 0.15) is 17.4 Å². The maximum atomic E-state index is 13.7. The summed E-state index contributed by atoms with van der Waals surface area (Å²) in [7, 11) is 0. The molecule has 166 valence electrons. The van der Waals surface area contributed by atoms with Gasteiger partial charge in [-0.25, -0.2) is 4.79 Å². The van der Waals surface area contributed by atoms with Gasteiger partial charge in [-0.05, 0) is 24.6 Å². The number of anilines is 1. The summed E-state index contributed by atoms with van der Waals surface area (Å²) in [6, 6.07) is 12.9. The number of esters is 1. The summed E-state index contributed by atoms with van der Waals surface area (Å²) in [6.45, 7) is 1.74.